The number of benzene rings is 2. The lowest BCUT2D eigenvalue weighted by Crippen LogP contribution is -2.60. The van der Waals surface area contributed by atoms with Gasteiger partial charge in [0.1, 0.15) is 30.2 Å². The fourth-order valence-corrected chi connectivity index (χ4v) is 4.90. The van der Waals surface area contributed by atoms with Gasteiger partial charge in [0.2, 0.25) is 0 Å². The predicted octanol–water partition coefficient (Wildman–Crippen LogP) is 3.80. The van der Waals surface area contributed by atoms with Gasteiger partial charge in [0.05, 0.1) is 12.2 Å². The number of hydrogen-bond acceptors (Lipinski definition) is 5. The molecule has 0 bridgehead atoms. The molecular weight excluding hydrogens is 404 g/mol. The molecule has 162 valence electrons. The molecular formula is C24H29ClO5. The van der Waals surface area contributed by atoms with Gasteiger partial charge in [-0.05, 0) is 61.1 Å². The number of halogens is 1. The second-order valence-electron chi connectivity index (χ2n) is 8.34. The van der Waals surface area contributed by atoms with E-state index in [1.165, 1.54) is 0 Å². The van der Waals surface area contributed by atoms with Crippen molar-refractivity contribution >= 4 is 11.6 Å². The SMILES string of the molecule is CCOc1ccc(Cc2cc(C3OC4(CCCC4)[C@@H](O)C(O)C3O)ccc2Cl)cc1. The van der Waals surface area contributed by atoms with E-state index in [1.807, 2.05) is 43.3 Å². The van der Waals surface area contributed by atoms with Crippen molar-refractivity contribution in [2.45, 2.75) is 69.0 Å². The van der Waals surface area contributed by atoms with Crippen molar-refractivity contribution in [3.63, 3.8) is 0 Å². The Balaban J connectivity index is 1.59. The highest BCUT2D eigenvalue weighted by Gasteiger charge is 2.54. The topological polar surface area (TPSA) is 79.2 Å². The van der Waals surface area contributed by atoms with Gasteiger partial charge in [-0.1, -0.05) is 48.7 Å². The van der Waals surface area contributed by atoms with Crippen molar-refractivity contribution < 1.29 is 24.8 Å². The summed E-state index contributed by atoms with van der Waals surface area (Å²) >= 11 is 6.46. The summed E-state index contributed by atoms with van der Waals surface area (Å²) in [5, 5.41) is 32.4. The van der Waals surface area contributed by atoms with Crippen molar-refractivity contribution in [3.8, 4) is 5.75 Å². The van der Waals surface area contributed by atoms with Crippen LogP contribution in [0.1, 0.15) is 55.4 Å². The maximum atomic E-state index is 10.7. The third-order valence-electron chi connectivity index (χ3n) is 6.36. The summed E-state index contributed by atoms with van der Waals surface area (Å²) in [6, 6.07) is 13.4. The minimum Gasteiger partial charge on any atom is -0.494 e. The Morgan fingerprint density at radius 2 is 1.73 bits per heavy atom. The van der Waals surface area contributed by atoms with Gasteiger partial charge in [-0.15, -0.1) is 0 Å². The highest BCUT2D eigenvalue weighted by molar-refractivity contribution is 6.31. The van der Waals surface area contributed by atoms with Crippen molar-refractivity contribution in [2.24, 2.45) is 0 Å². The molecule has 4 rings (SSSR count). The van der Waals surface area contributed by atoms with Crippen LogP contribution in [0, 0.1) is 0 Å². The molecule has 2 aliphatic rings. The van der Waals surface area contributed by atoms with Gasteiger partial charge in [-0.2, -0.15) is 0 Å². The summed E-state index contributed by atoms with van der Waals surface area (Å²) < 4.78 is 11.8. The predicted molar refractivity (Wildman–Crippen MR) is 115 cm³/mol. The molecule has 0 aromatic heterocycles. The third-order valence-corrected chi connectivity index (χ3v) is 6.73. The van der Waals surface area contributed by atoms with E-state index in [2.05, 4.69) is 0 Å². The zero-order valence-corrected chi connectivity index (χ0v) is 17.9. The highest BCUT2D eigenvalue weighted by Crippen LogP contribution is 2.46. The molecule has 1 aliphatic heterocycles. The summed E-state index contributed by atoms with van der Waals surface area (Å²) in [6.07, 6.45) is -0.371. The summed E-state index contributed by atoms with van der Waals surface area (Å²) in [7, 11) is 0. The van der Waals surface area contributed by atoms with E-state index < -0.39 is 30.0 Å². The van der Waals surface area contributed by atoms with Crippen LogP contribution in [-0.2, 0) is 11.2 Å². The Bertz CT molecular complexity index is 862. The lowest BCUT2D eigenvalue weighted by molar-refractivity contribution is -0.268. The molecule has 4 atom stereocenters. The normalized spacial score (nSPS) is 28.0. The van der Waals surface area contributed by atoms with Crippen LogP contribution in [0.4, 0.5) is 0 Å². The van der Waals surface area contributed by atoms with E-state index in [0.717, 1.165) is 35.3 Å². The van der Waals surface area contributed by atoms with Crippen LogP contribution in [0.5, 0.6) is 5.75 Å². The van der Waals surface area contributed by atoms with Crippen molar-refractivity contribution in [1.82, 2.24) is 0 Å². The van der Waals surface area contributed by atoms with Crippen LogP contribution < -0.4 is 4.74 Å². The first kappa shape index (κ1) is 21.6. The Labute approximate surface area is 182 Å². The van der Waals surface area contributed by atoms with Gasteiger partial charge in [-0.3, -0.25) is 0 Å². The molecule has 2 aromatic rings. The van der Waals surface area contributed by atoms with Gasteiger partial charge >= 0.3 is 0 Å². The molecule has 1 saturated carbocycles. The smallest absolute Gasteiger partial charge is 0.119 e. The van der Waals surface area contributed by atoms with E-state index in [0.29, 0.717) is 30.9 Å². The van der Waals surface area contributed by atoms with Crippen LogP contribution in [0.15, 0.2) is 42.5 Å². The molecule has 3 unspecified atom stereocenters. The first-order chi connectivity index (χ1) is 14.4. The molecule has 2 aromatic carbocycles. The van der Waals surface area contributed by atoms with Crippen LogP contribution >= 0.6 is 11.6 Å². The van der Waals surface area contributed by atoms with Gasteiger partial charge < -0.3 is 24.8 Å². The monoisotopic (exact) mass is 432 g/mol. The lowest BCUT2D eigenvalue weighted by Gasteiger charge is -2.47. The maximum Gasteiger partial charge on any atom is 0.119 e. The summed E-state index contributed by atoms with van der Waals surface area (Å²) in [5.41, 5.74) is 1.96. The zero-order valence-electron chi connectivity index (χ0n) is 17.1. The van der Waals surface area contributed by atoms with Gasteiger partial charge in [0, 0.05) is 5.02 Å². The second kappa shape index (κ2) is 8.85. The molecule has 2 fully saturated rings. The van der Waals surface area contributed by atoms with Crippen LogP contribution in [0.2, 0.25) is 5.02 Å². The zero-order chi connectivity index (χ0) is 21.3. The number of aliphatic hydroxyl groups is 3. The number of aliphatic hydroxyl groups excluding tert-OH is 3. The maximum absolute atomic E-state index is 10.7. The molecule has 1 aliphatic carbocycles. The second-order valence-corrected chi connectivity index (χ2v) is 8.75. The average molecular weight is 433 g/mol. The van der Waals surface area contributed by atoms with Crippen molar-refractivity contribution in [1.29, 1.82) is 0 Å². The lowest BCUT2D eigenvalue weighted by atomic mass is 9.81. The highest BCUT2D eigenvalue weighted by atomic mass is 35.5. The average Bonchev–Trinajstić information content (AvgIpc) is 3.22. The van der Waals surface area contributed by atoms with Crippen LogP contribution in [0.25, 0.3) is 0 Å². The minimum absolute atomic E-state index is 0.623. The van der Waals surface area contributed by atoms with Crippen LogP contribution in [-0.4, -0.2) is 45.8 Å². The van der Waals surface area contributed by atoms with E-state index in [-0.39, 0.29) is 0 Å². The Morgan fingerprint density at radius 3 is 2.40 bits per heavy atom. The summed E-state index contributed by atoms with van der Waals surface area (Å²) in [5.74, 6) is 0.828. The van der Waals surface area contributed by atoms with Gasteiger partial charge in [0.25, 0.3) is 0 Å². The van der Waals surface area contributed by atoms with Crippen molar-refractivity contribution in [3.05, 3.63) is 64.2 Å². The number of hydrogen-bond donors (Lipinski definition) is 3. The standard InChI is InChI=1S/C24H29ClO5/c1-2-29-18-8-5-15(6-9-18)13-17-14-16(7-10-19(17)25)22-20(26)21(27)23(28)24(30-22)11-3-4-12-24/h5-10,14,20-23,26-28H,2-4,11-13H2,1H3/t20?,21?,22?,23-/m0/s1. The molecule has 3 N–H and O–H groups in total. The van der Waals surface area contributed by atoms with E-state index >= 15 is 0 Å². The molecule has 0 amide bonds. The number of ether oxygens (including phenoxy) is 2. The molecule has 30 heavy (non-hydrogen) atoms. The Hall–Kier alpha value is -1.63. The van der Waals surface area contributed by atoms with Crippen LogP contribution in [0.3, 0.4) is 0 Å². The van der Waals surface area contributed by atoms with Gasteiger partial charge in [-0.25, -0.2) is 0 Å². The minimum atomic E-state index is -1.24. The summed E-state index contributed by atoms with van der Waals surface area (Å²) in [6.45, 7) is 2.57. The first-order valence-corrected chi connectivity index (χ1v) is 11.0. The Kier molecular flexibility index (Phi) is 6.37. The quantitative estimate of drug-likeness (QED) is 0.669. The largest absolute Gasteiger partial charge is 0.494 e. The fraction of sp³-hybridized carbons (Fsp3) is 0.500. The summed E-state index contributed by atoms with van der Waals surface area (Å²) in [4.78, 5) is 0. The first-order valence-electron chi connectivity index (χ1n) is 10.7. The third kappa shape index (κ3) is 4.10. The molecule has 1 saturated heterocycles. The van der Waals surface area contributed by atoms with E-state index in [4.69, 9.17) is 21.1 Å². The molecule has 6 heteroatoms. The van der Waals surface area contributed by atoms with Gasteiger partial charge in [0.15, 0.2) is 0 Å². The molecule has 0 radical (unpaired) electrons. The van der Waals surface area contributed by atoms with E-state index in [9.17, 15) is 15.3 Å². The Morgan fingerprint density at radius 1 is 1.03 bits per heavy atom. The molecule has 1 spiro atoms. The van der Waals surface area contributed by atoms with E-state index in [1.54, 1.807) is 6.07 Å². The number of rotatable bonds is 5. The molecule has 5 nitrogen and oxygen atoms in total. The molecule has 1 heterocycles. The fourth-order valence-electron chi connectivity index (χ4n) is 4.72. The van der Waals surface area contributed by atoms with Crippen molar-refractivity contribution in [2.75, 3.05) is 6.61 Å².